The largest absolute Gasteiger partial charge is 0.497 e. The molecule has 2 heterocycles. The second-order valence-corrected chi connectivity index (χ2v) is 5.69. The van der Waals surface area contributed by atoms with Crippen molar-refractivity contribution >= 4 is 5.52 Å². The zero-order valence-corrected chi connectivity index (χ0v) is 13.7. The van der Waals surface area contributed by atoms with E-state index in [1.165, 1.54) is 0 Å². The monoisotopic (exact) mass is 311 g/mol. The summed E-state index contributed by atoms with van der Waals surface area (Å²) in [6.45, 7) is 4.61. The predicted octanol–water partition coefficient (Wildman–Crippen LogP) is 2.81. The summed E-state index contributed by atoms with van der Waals surface area (Å²) in [5, 5.41) is 0. The van der Waals surface area contributed by atoms with Gasteiger partial charge in [0.05, 0.1) is 19.9 Å². The van der Waals surface area contributed by atoms with Crippen LogP contribution in [0, 0.1) is 6.92 Å². The third-order valence-corrected chi connectivity index (χ3v) is 4.05. The van der Waals surface area contributed by atoms with Gasteiger partial charge in [-0.05, 0) is 31.0 Å². The van der Waals surface area contributed by atoms with Gasteiger partial charge in [-0.15, -0.1) is 0 Å². The molecule has 1 aromatic carbocycles. The van der Waals surface area contributed by atoms with Crippen LogP contribution in [0.25, 0.3) is 5.52 Å². The number of methoxy groups -OCH3 is 1. The summed E-state index contributed by atoms with van der Waals surface area (Å²) in [6.07, 6.45) is 5.55. The Morgan fingerprint density at radius 1 is 1.22 bits per heavy atom. The Balaban J connectivity index is 2.02. The summed E-state index contributed by atoms with van der Waals surface area (Å²) >= 11 is 0. The minimum Gasteiger partial charge on any atom is -0.497 e. The van der Waals surface area contributed by atoms with Gasteiger partial charge in [-0.25, -0.2) is 4.98 Å². The molecule has 23 heavy (non-hydrogen) atoms. The average Bonchev–Trinajstić information content (AvgIpc) is 2.95. The van der Waals surface area contributed by atoms with Crippen molar-refractivity contribution in [1.29, 1.82) is 0 Å². The third-order valence-electron chi connectivity index (χ3n) is 4.05. The van der Waals surface area contributed by atoms with E-state index in [-0.39, 0.29) is 5.56 Å². The van der Waals surface area contributed by atoms with E-state index in [1.54, 1.807) is 17.9 Å². The molecule has 0 saturated heterocycles. The zero-order chi connectivity index (χ0) is 16.4. The van der Waals surface area contributed by atoms with Crippen LogP contribution in [-0.2, 0) is 13.0 Å². The molecule has 0 saturated carbocycles. The van der Waals surface area contributed by atoms with Crippen LogP contribution in [0.15, 0.2) is 41.5 Å². The molecule has 0 bridgehead atoms. The average molecular weight is 311 g/mol. The predicted molar refractivity (Wildman–Crippen MR) is 90.3 cm³/mol. The first kappa shape index (κ1) is 15.3. The molecule has 0 spiro atoms. The van der Waals surface area contributed by atoms with Crippen LogP contribution in [0.3, 0.4) is 0 Å². The van der Waals surface area contributed by atoms with Crippen LogP contribution in [0.4, 0.5) is 0 Å². The highest BCUT2D eigenvalue weighted by molar-refractivity contribution is 5.44. The van der Waals surface area contributed by atoms with Crippen molar-refractivity contribution in [3.8, 4) is 5.75 Å². The van der Waals surface area contributed by atoms with Gasteiger partial charge in [0.1, 0.15) is 17.1 Å². The third kappa shape index (κ3) is 2.86. The maximum atomic E-state index is 12.8. The molecule has 3 aromatic rings. The Bertz CT molecular complexity index is 876. The Labute approximate surface area is 135 Å². The number of aryl methyl sites for hydroxylation is 2. The topological polar surface area (TPSA) is 48.5 Å². The van der Waals surface area contributed by atoms with E-state index < -0.39 is 0 Å². The van der Waals surface area contributed by atoms with Crippen molar-refractivity contribution in [2.24, 2.45) is 0 Å². The van der Waals surface area contributed by atoms with Crippen molar-refractivity contribution in [1.82, 2.24) is 14.0 Å². The molecule has 0 aliphatic carbocycles. The molecular formula is C18H21N3O2. The van der Waals surface area contributed by atoms with Gasteiger partial charge in [0.2, 0.25) is 0 Å². The van der Waals surface area contributed by atoms with E-state index in [2.05, 4.69) is 11.9 Å². The van der Waals surface area contributed by atoms with Gasteiger partial charge in [-0.3, -0.25) is 9.20 Å². The van der Waals surface area contributed by atoms with Crippen molar-refractivity contribution in [3.05, 3.63) is 64.1 Å². The van der Waals surface area contributed by atoms with Crippen LogP contribution >= 0.6 is 0 Å². The first-order chi connectivity index (χ1) is 11.1. The lowest BCUT2D eigenvalue weighted by Crippen LogP contribution is -2.24. The van der Waals surface area contributed by atoms with Gasteiger partial charge in [0.15, 0.2) is 0 Å². The van der Waals surface area contributed by atoms with E-state index in [0.29, 0.717) is 12.1 Å². The summed E-state index contributed by atoms with van der Waals surface area (Å²) < 4.78 is 8.88. The van der Waals surface area contributed by atoms with Gasteiger partial charge in [-0.1, -0.05) is 19.1 Å². The zero-order valence-electron chi connectivity index (χ0n) is 13.7. The molecule has 0 radical (unpaired) electrons. The fraction of sp³-hybridized carbons (Fsp3) is 0.333. The number of benzene rings is 1. The molecule has 5 heteroatoms. The van der Waals surface area contributed by atoms with Crippen molar-refractivity contribution in [2.75, 3.05) is 7.11 Å². The quantitative estimate of drug-likeness (QED) is 0.728. The van der Waals surface area contributed by atoms with Gasteiger partial charge < -0.3 is 9.30 Å². The van der Waals surface area contributed by atoms with Gasteiger partial charge >= 0.3 is 0 Å². The number of fused-ring (bicyclic) bond motifs is 1. The number of imidazole rings is 1. The number of ether oxygens (including phenoxy) is 1. The number of rotatable bonds is 5. The fourth-order valence-electron chi connectivity index (χ4n) is 2.78. The Hall–Kier alpha value is -2.56. The van der Waals surface area contributed by atoms with E-state index >= 15 is 0 Å². The summed E-state index contributed by atoms with van der Waals surface area (Å²) in [6, 6.07) is 7.78. The number of nitrogens with zero attached hydrogens (tertiary/aromatic N) is 3. The molecule has 0 N–H and O–H groups in total. The van der Waals surface area contributed by atoms with Crippen molar-refractivity contribution in [2.45, 2.75) is 33.2 Å². The molecule has 120 valence electrons. The number of hydrogen-bond acceptors (Lipinski definition) is 3. The molecule has 0 aliphatic heterocycles. The van der Waals surface area contributed by atoms with Gasteiger partial charge in [0.25, 0.3) is 5.56 Å². The second kappa shape index (κ2) is 6.28. The lowest BCUT2D eigenvalue weighted by molar-refractivity contribution is 0.414. The van der Waals surface area contributed by atoms with Gasteiger partial charge in [0, 0.05) is 18.3 Å². The normalized spacial score (nSPS) is 11.1. The second-order valence-electron chi connectivity index (χ2n) is 5.69. The number of hydrogen-bond donors (Lipinski definition) is 0. The highest BCUT2D eigenvalue weighted by Crippen LogP contribution is 2.13. The van der Waals surface area contributed by atoms with Crippen LogP contribution < -0.4 is 10.3 Å². The number of aromatic nitrogens is 3. The Kier molecular flexibility index (Phi) is 4.19. The summed E-state index contributed by atoms with van der Waals surface area (Å²) in [5.41, 5.74) is 2.62. The van der Waals surface area contributed by atoms with E-state index in [1.807, 2.05) is 41.8 Å². The summed E-state index contributed by atoms with van der Waals surface area (Å²) in [4.78, 5) is 17.2. The fourth-order valence-corrected chi connectivity index (χ4v) is 2.78. The van der Waals surface area contributed by atoms with Crippen LogP contribution in [0.5, 0.6) is 5.75 Å². The lowest BCUT2D eigenvalue weighted by Gasteiger charge is -2.12. The van der Waals surface area contributed by atoms with Crippen molar-refractivity contribution in [3.63, 3.8) is 0 Å². The maximum absolute atomic E-state index is 12.8. The van der Waals surface area contributed by atoms with E-state index in [0.717, 1.165) is 35.7 Å². The molecule has 5 nitrogen and oxygen atoms in total. The highest BCUT2D eigenvalue weighted by atomic mass is 16.5. The molecular weight excluding hydrogens is 290 g/mol. The van der Waals surface area contributed by atoms with E-state index in [4.69, 9.17) is 4.74 Å². The first-order valence-electron chi connectivity index (χ1n) is 7.83. The molecule has 0 amide bonds. The summed E-state index contributed by atoms with van der Waals surface area (Å²) in [7, 11) is 1.64. The van der Waals surface area contributed by atoms with Crippen LogP contribution in [0.1, 0.15) is 30.4 Å². The molecule has 2 aromatic heterocycles. The molecule has 0 aliphatic rings. The molecule has 3 rings (SSSR count). The minimum atomic E-state index is -0.00401. The smallest absolute Gasteiger partial charge is 0.276 e. The lowest BCUT2D eigenvalue weighted by atomic mass is 10.2. The highest BCUT2D eigenvalue weighted by Gasteiger charge is 2.11. The SMILES string of the molecule is CCCc1ncc2c(=O)n(Cc3ccc(OC)cc3)c(C)cn12. The van der Waals surface area contributed by atoms with Crippen LogP contribution in [-0.4, -0.2) is 21.1 Å². The molecule has 0 fully saturated rings. The van der Waals surface area contributed by atoms with Gasteiger partial charge in [-0.2, -0.15) is 0 Å². The molecule has 0 unspecified atom stereocenters. The maximum Gasteiger partial charge on any atom is 0.276 e. The summed E-state index contributed by atoms with van der Waals surface area (Å²) in [5.74, 6) is 1.76. The standard InChI is InChI=1S/C18H21N3O2/c1-4-5-17-19-10-16-18(22)20(13(2)11-21(16)17)12-14-6-8-15(23-3)9-7-14/h6-11H,4-5,12H2,1-3H3. The Morgan fingerprint density at radius 2 is 1.96 bits per heavy atom. The van der Waals surface area contributed by atoms with E-state index in [9.17, 15) is 4.79 Å². The Morgan fingerprint density at radius 3 is 2.61 bits per heavy atom. The molecule has 0 atom stereocenters. The first-order valence-corrected chi connectivity index (χ1v) is 7.83. The van der Waals surface area contributed by atoms with Crippen molar-refractivity contribution < 1.29 is 4.74 Å². The van der Waals surface area contributed by atoms with Crippen LogP contribution in [0.2, 0.25) is 0 Å². The minimum absolute atomic E-state index is 0.00401.